The minimum absolute atomic E-state index is 0.928. The third kappa shape index (κ3) is 1.66. The number of imidazole rings is 1. The van der Waals surface area contributed by atoms with E-state index in [0.29, 0.717) is 0 Å². The van der Waals surface area contributed by atoms with Gasteiger partial charge in [-0.3, -0.25) is 4.57 Å². The smallest absolute Gasteiger partial charge is 0.138 e. The maximum Gasteiger partial charge on any atom is 0.138 e. The van der Waals surface area contributed by atoms with Gasteiger partial charge < -0.3 is 0 Å². The summed E-state index contributed by atoms with van der Waals surface area (Å²) >= 11 is 0. The molecule has 2 heterocycles. The van der Waals surface area contributed by atoms with Crippen molar-refractivity contribution >= 4 is 0 Å². The highest BCUT2D eigenvalue weighted by Crippen LogP contribution is 2.06. The molecular weight excluding hydrogens is 174 g/mol. The second-order valence-electron chi connectivity index (χ2n) is 3.26. The van der Waals surface area contributed by atoms with Crippen molar-refractivity contribution < 1.29 is 0 Å². The second kappa shape index (κ2) is 3.62. The zero-order chi connectivity index (χ0) is 9.97. The highest BCUT2D eigenvalue weighted by molar-refractivity contribution is 5.25. The third-order valence-electron chi connectivity index (χ3n) is 2.14. The van der Waals surface area contributed by atoms with Crippen molar-refractivity contribution in [1.29, 1.82) is 0 Å². The first-order chi connectivity index (χ1) is 6.79. The second-order valence-corrected chi connectivity index (χ2v) is 3.26. The zero-order valence-electron chi connectivity index (χ0n) is 8.44. The van der Waals surface area contributed by atoms with Crippen molar-refractivity contribution in [2.24, 2.45) is 0 Å². The van der Waals surface area contributed by atoms with Crippen LogP contribution in [0.4, 0.5) is 0 Å². The Kier molecular flexibility index (Phi) is 2.31. The molecule has 0 amide bonds. The van der Waals surface area contributed by atoms with Crippen LogP contribution in [0.5, 0.6) is 0 Å². The lowest BCUT2D eigenvalue weighted by molar-refractivity contribution is 0.974. The van der Waals surface area contributed by atoms with Crippen molar-refractivity contribution in [2.75, 3.05) is 0 Å². The molecule has 0 unspecified atom stereocenters. The van der Waals surface area contributed by atoms with Crippen LogP contribution in [-0.4, -0.2) is 14.5 Å². The molecule has 0 radical (unpaired) electrons. The number of rotatable bonds is 2. The maximum atomic E-state index is 4.41. The van der Waals surface area contributed by atoms with E-state index in [1.54, 1.807) is 6.33 Å². The van der Waals surface area contributed by atoms with E-state index in [9.17, 15) is 0 Å². The number of hydrogen-bond donors (Lipinski definition) is 0. The van der Waals surface area contributed by atoms with Crippen LogP contribution in [0, 0.1) is 6.92 Å². The number of pyridine rings is 1. The van der Waals surface area contributed by atoms with E-state index in [4.69, 9.17) is 0 Å². The van der Waals surface area contributed by atoms with Gasteiger partial charge in [-0.2, -0.15) is 0 Å². The van der Waals surface area contributed by atoms with E-state index < -0.39 is 0 Å². The Morgan fingerprint density at radius 3 is 2.86 bits per heavy atom. The molecule has 0 spiro atoms. The molecule has 72 valence electrons. The minimum atomic E-state index is 0.928. The van der Waals surface area contributed by atoms with E-state index in [0.717, 1.165) is 23.6 Å². The molecule has 0 bridgehead atoms. The molecule has 0 aliphatic carbocycles. The first-order valence-corrected chi connectivity index (χ1v) is 4.76. The lowest BCUT2D eigenvalue weighted by atomic mass is 10.3. The Hall–Kier alpha value is -1.64. The van der Waals surface area contributed by atoms with Gasteiger partial charge in [0, 0.05) is 11.9 Å². The summed E-state index contributed by atoms with van der Waals surface area (Å²) in [6.45, 7) is 4.08. The van der Waals surface area contributed by atoms with E-state index >= 15 is 0 Å². The Balaban J connectivity index is 2.39. The molecule has 0 saturated carbocycles. The minimum Gasteiger partial charge on any atom is -0.290 e. The van der Waals surface area contributed by atoms with Crippen LogP contribution in [0.3, 0.4) is 0 Å². The fourth-order valence-electron chi connectivity index (χ4n) is 1.34. The summed E-state index contributed by atoms with van der Waals surface area (Å²) in [6.07, 6.45) is 4.78. The molecule has 0 atom stereocenters. The van der Waals surface area contributed by atoms with Crippen molar-refractivity contribution in [1.82, 2.24) is 14.5 Å². The molecule has 0 aliphatic rings. The van der Waals surface area contributed by atoms with Crippen LogP contribution in [-0.2, 0) is 6.42 Å². The number of aryl methyl sites for hydroxylation is 2. The van der Waals surface area contributed by atoms with Gasteiger partial charge in [-0.15, -0.1) is 0 Å². The molecule has 0 fully saturated rings. The average molecular weight is 187 g/mol. The van der Waals surface area contributed by atoms with Gasteiger partial charge in [0.15, 0.2) is 0 Å². The normalized spacial score (nSPS) is 10.4. The maximum absolute atomic E-state index is 4.41. The summed E-state index contributed by atoms with van der Waals surface area (Å²) < 4.78 is 1.95. The Labute approximate surface area is 83.4 Å². The molecule has 0 aromatic carbocycles. The van der Waals surface area contributed by atoms with Crippen LogP contribution in [0.25, 0.3) is 5.82 Å². The summed E-state index contributed by atoms with van der Waals surface area (Å²) in [6, 6.07) is 5.97. The number of hydrogen-bond acceptors (Lipinski definition) is 2. The van der Waals surface area contributed by atoms with Gasteiger partial charge in [0.25, 0.3) is 0 Å². The Morgan fingerprint density at radius 1 is 1.36 bits per heavy atom. The summed E-state index contributed by atoms with van der Waals surface area (Å²) in [5.74, 6) is 0.928. The van der Waals surface area contributed by atoms with Gasteiger partial charge in [0.2, 0.25) is 0 Å². The van der Waals surface area contributed by atoms with Gasteiger partial charge in [0.05, 0.1) is 5.69 Å². The van der Waals surface area contributed by atoms with Crippen molar-refractivity contribution in [2.45, 2.75) is 20.3 Å². The monoisotopic (exact) mass is 187 g/mol. The Bertz CT molecular complexity index is 432. The van der Waals surface area contributed by atoms with Crippen LogP contribution in [0.15, 0.2) is 30.7 Å². The largest absolute Gasteiger partial charge is 0.290 e. The van der Waals surface area contributed by atoms with Crippen LogP contribution < -0.4 is 0 Å². The van der Waals surface area contributed by atoms with Gasteiger partial charge in [-0.05, 0) is 25.5 Å². The third-order valence-corrected chi connectivity index (χ3v) is 2.14. The summed E-state index contributed by atoms with van der Waals surface area (Å²) in [5, 5.41) is 0. The topological polar surface area (TPSA) is 30.7 Å². The lowest BCUT2D eigenvalue weighted by Gasteiger charge is -2.00. The molecule has 0 saturated heterocycles. The highest BCUT2D eigenvalue weighted by atomic mass is 15.1. The van der Waals surface area contributed by atoms with Crippen LogP contribution in [0.1, 0.15) is 18.3 Å². The first-order valence-electron chi connectivity index (χ1n) is 4.76. The van der Waals surface area contributed by atoms with Gasteiger partial charge in [-0.25, -0.2) is 9.97 Å². The molecule has 0 N–H and O–H groups in total. The van der Waals surface area contributed by atoms with E-state index in [1.807, 2.05) is 35.9 Å². The van der Waals surface area contributed by atoms with Crippen molar-refractivity contribution in [3.05, 3.63) is 42.1 Å². The molecule has 3 heteroatoms. The zero-order valence-corrected chi connectivity index (χ0v) is 8.44. The van der Waals surface area contributed by atoms with Crippen LogP contribution >= 0.6 is 0 Å². The summed E-state index contributed by atoms with van der Waals surface area (Å²) in [4.78, 5) is 8.68. The molecule has 2 aromatic rings. The SMILES string of the molecule is CCc1cn(-c2cccc(C)n2)cn1. The van der Waals surface area contributed by atoms with Gasteiger partial charge >= 0.3 is 0 Å². The molecule has 0 aliphatic heterocycles. The Morgan fingerprint density at radius 2 is 2.21 bits per heavy atom. The number of aromatic nitrogens is 3. The fourth-order valence-corrected chi connectivity index (χ4v) is 1.34. The van der Waals surface area contributed by atoms with E-state index in [1.165, 1.54) is 0 Å². The highest BCUT2D eigenvalue weighted by Gasteiger charge is 1.99. The van der Waals surface area contributed by atoms with E-state index in [2.05, 4.69) is 16.9 Å². The predicted octanol–water partition coefficient (Wildman–Crippen LogP) is 2.14. The standard InChI is InChI=1S/C11H13N3/c1-3-10-7-14(8-12-10)11-6-4-5-9(2)13-11/h4-8H,3H2,1-2H3. The quantitative estimate of drug-likeness (QED) is 0.721. The van der Waals surface area contributed by atoms with Gasteiger partial charge in [0.1, 0.15) is 12.1 Å². The molecular formula is C11H13N3. The average Bonchev–Trinajstić information content (AvgIpc) is 2.66. The van der Waals surface area contributed by atoms with E-state index in [-0.39, 0.29) is 0 Å². The molecule has 14 heavy (non-hydrogen) atoms. The van der Waals surface area contributed by atoms with Crippen molar-refractivity contribution in [3.63, 3.8) is 0 Å². The molecule has 3 nitrogen and oxygen atoms in total. The van der Waals surface area contributed by atoms with Crippen LogP contribution in [0.2, 0.25) is 0 Å². The predicted molar refractivity (Wildman–Crippen MR) is 55.5 cm³/mol. The van der Waals surface area contributed by atoms with Crippen molar-refractivity contribution in [3.8, 4) is 5.82 Å². The molecule has 2 rings (SSSR count). The first kappa shape index (κ1) is 8.94. The lowest BCUT2D eigenvalue weighted by Crippen LogP contribution is -1.94. The summed E-state index contributed by atoms with van der Waals surface area (Å²) in [7, 11) is 0. The van der Waals surface area contributed by atoms with Gasteiger partial charge in [-0.1, -0.05) is 13.0 Å². The number of nitrogens with zero attached hydrogens (tertiary/aromatic N) is 3. The molecule has 2 aromatic heterocycles. The summed E-state index contributed by atoms with van der Waals surface area (Å²) in [5.41, 5.74) is 2.11. The fraction of sp³-hybridized carbons (Fsp3) is 0.273.